The van der Waals surface area contributed by atoms with Gasteiger partial charge < -0.3 is 10.3 Å². The smallest absolute Gasteiger partial charge is 0.256 e. The summed E-state index contributed by atoms with van der Waals surface area (Å²) in [7, 11) is 0. The molecule has 1 amide bonds. The number of amides is 1. The SMILES string of the molecule is CSc1ccc([C@H]2CC(=O)Nc3nc(C)[nH]c(=O)c32)cc1. The maximum Gasteiger partial charge on any atom is 0.256 e. The fourth-order valence-electron chi connectivity index (χ4n) is 2.60. The predicted octanol–water partition coefficient (Wildman–Crippen LogP) is 2.27. The van der Waals surface area contributed by atoms with Crippen LogP contribution in [-0.4, -0.2) is 22.1 Å². The number of benzene rings is 1. The van der Waals surface area contributed by atoms with Crippen molar-refractivity contribution in [3.05, 3.63) is 51.6 Å². The Morgan fingerprint density at radius 2 is 1.95 bits per heavy atom. The second kappa shape index (κ2) is 5.37. The lowest BCUT2D eigenvalue weighted by Gasteiger charge is -2.24. The molecule has 0 saturated carbocycles. The standard InChI is InChI=1S/C15H15N3O2S/c1-8-16-14-13(15(20)17-8)11(7-12(19)18-14)9-3-5-10(21-2)6-4-9/h3-6,11H,7H2,1-2H3,(H2,16,17,18,19,20)/t11-/m1/s1. The van der Waals surface area contributed by atoms with Crippen molar-refractivity contribution < 1.29 is 4.79 Å². The number of carbonyl (C=O) groups excluding carboxylic acids is 1. The van der Waals surface area contributed by atoms with Crippen molar-refractivity contribution in [3.8, 4) is 0 Å². The van der Waals surface area contributed by atoms with Gasteiger partial charge in [-0.15, -0.1) is 11.8 Å². The van der Waals surface area contributed by atoms with Gasteiger partial charge in [0, 0.05) is 17.2 Å². The monoisotopic (exact) mass is 301 g/mol. The van der Waals surface area contributed by atoms with Gasteiger partial charge in [0.1, 0.15) is 11.6 Å². The van der Waals surface area contributed by atoms with Crippen LogP contribution in [0.25, 0.3) is 0 Å². The largest absolute Gasteiger partial charge is 0.310 e. The van der Waals surface area contributed by atoms with Gasteiger partial charge in [-0.2, -0.15) is 0 Å². The first-order chi connectivity index (χ1) is 10.1. The summed E-state index contributed by atoms with van der Waals surface area (Å²) in [5, 5.41) is 2.69. The van der Waals surface area contributed by atoms with Crippen molar-refractivity contribution in [2.24, 2.45) is 0 Å². The molecule has 0 spiro atoms. The zero-order chi connectivity index (χ0) is 15.0. The lowest BCUT2D eigenvalue weighted by Crippen LogP contribution is -2.31. The second-order valence-electron chi connectivity index (χ2n) is 4.99. The molecule has 5 nitrogen and oxygen atoms in total. The third kappa shape index (κ3) is 2.58. The number of hydrogen-bond acceptors (Lipinski definition) is 4. The summed E-state index contributed by atoms with van der Waals surface area (Å²) in [5.41, 5.74) is 1.31. The number of hydrogen-bond donors (Lipinski definition) is 2. The minimum Gasteiger partial charge on any atom is -0.310 e. The molecule has 0 radical (unpaired) electrons. The summed E-state index contributed by atoms with van der Waals surface area (Å²) < 4.78 is 0. The van der Waals surface area contributed by atoms with Crippen LogP contribution in [0.5, 0.6) is 0 Å². The number of aromatic amines is 1. The summed E-state index contributed by atoms with van der Waals surface area (Å²) in [4.78, 5) is 32.2. The van der Waals surface area contributed by atoms with Gasteiger partial charge in [0.25, 0.3) is 5.56 Å². The first-order valence-electron chi connectivity index (χ1n) is 6.63. The topological polar surface area (TPSA) is 74.8 Å². The Kier molecular flexibility index (Phi) is 3.55. The van der Waals surface area contributed by atoms with Gasteiger partial charge in [-0.3, -0.25) is 9.59 Å². The third-order valence-corrected chi connectivity index (χ3v) is 4.33. The van der Waals surface area contributed by atoms with Crippen LogP contribution in [0, 0.1) is 6.92 Å². The highest BCUT2D eigenvalue weighted by Crippen LogP contribution is 2.34. The number of anilines is 1. The average Bonchev–Trinajstić information content (AvgIpc) is 2.45. The van der Waals surface area contributed by atoms with Crippen molar-refractivity contribution in [1.82, 2.24) is 9.97 Å². The number of nitrogens with zero attached hydrogens (tertiary/aromatic N) is 1. The third-order valence-electron chi connectivity index (χ3n) is 3.59. The van der Waals surface area contributed by atoms with E-state index in [1.807, 2.05) is 30.5 Å². The Morgan fingerprint density at radius 3 is 2.62 bits per heavy atom. The minimum atomic E-state index is -0.249. The predicted molar refractivity (Wildman–Crippen MR) is 82.9 cm³/mol. The van der Waals surface area contributed by atoms with Gasteiger partial charge in [0.05, 0.1) is 5.56 Å². The van der Waals surface area contributed by atoms with Crippen LogP contribution in [0.3, 0.4) is 0 Å². The Labute approximate surface area is 126 Å². The van der Waals surface area contributed by atoms with Crippen molar-refractivity contribution in [3.63, 3.8) is 0 Å². The van der Waals surface area contributed by atoms with E-state index in [4.69, 9.17) is 0 Å². The number of carbonyl (C=O) groups is 1. The Hall–Kier alpha value is -2.08. The van der Waals surface area contributed by atoms with Crippen LogP contribution in [0.15, 0.2) is 34.0 Å². The molecule has 1 aromatic carbocycles. The lowest BCUT2D eigenvalue weighted by atomic mass is 9.87. The molecule has 3 rings (SSSR count). The van der Waals surface area contributed by atoms with Crippen LogP contribution in [0.2, 0.25) is 0 Å². The maximum absolute atomic E-state index is 12.2. The van der Waals surface area contributed by atoms with Crippen molar-refractivity contribution in [2.45, 2.75) is 24.2 Å². The zero-order valence-corrected chi connectivity index (χ0v) is 12.6. The molecule has 1 aliphatic heterocycles. The van der Waals surface area contributed by atoms with Gasteiger partial charge >= 0.3 is 0 Å². The van der Waals surface area contributed by atoms with Crippen LogP contribution in [-0.2, 0) is 4.79 Å². The Balaban J connectivity index is 2.12. The summed E-state index contributed by atoms with van der Waals surface area (Å²) in [6.07, 6.45) is 2.27. The summed E-state index contributed by atoms with van der Waals surface area (Å²) >= 11 is 1.66. The first-order valence-corrected chi connectivity index (χ1v) is 7.85. The molecule has 2 aromatic rings. The van der Waals surface area contributed by atoms with E-state index < -0.39 is 0 Å². The van der Waals surface area contributed by atoms with Crippen LogP contribution in [0.1, 0.15) is 29.3 Å². The number of aryl methyl sites for hydroxylation is 1. The van der Waals surface area contributed by atoms with Gasteiger partial charge in [-0.05, 0) is 30.9 Å². The summed E-state index contributed by atoms with van der Waals surface area (Å²) in [6.45, 7) is 1.70. The highest BCUT2D eigenvalue weighted by molar-refractivity contribution is 7.98. The normalized spacial score (nSPS) is 17.2. The molecule has 0 aliphatic carbocycles. The number of fused-ring (bicyclic) bond motifs is 1. The van der Waals surface area contributed by atoms with Gasteiger partial charge in [0.2, 0.25) is 5.91 Å². The number of H-pyrrole nitrogens is 1. The molecular weight excluding hydrogens is 286 g/mol. The number of rotatable bonds is 2. The van der Waals surface area contributed by atoms with Gasteiger partial charge in [0.15, 0.2) is 0 Å². The molecule has 108 valence electrons. The zero-order valence-electron chi connectivity index (χ0n) is 11.8. The van der Waals surface area contributed by atoms with E-state index in [1.165, 1.54) is 0 Å². The van der Waals surface area contributed by atoms with E-state index >= 15 is 0 Å². The minimum absolute atomic E-state index is 0.112. The molecule has 0 unspecified atom stereocenters. The second-order valence-corrected chi connectivity index (χ2v) is 5.87. The molecule has 2 heterocycles. The Morgan fingerprint density at radius 1 is 1.24 bits per heavy atom. The quantitative estimate of drug-likeness (QED) is 0.834. The first kappa shape index (κ1) is 13.9. The molecule has 0 fully saturated rings. The van der Waals surface area contributed by atoms with Crippen LogP contribution in [0.4, 0.5) is 5.82 Å². The fraction of sp³-hybridized carbons (Fsp3) is 0.267. The average molecular weight is 301 g/mol. The van der Waals surface area contributed by atoms with Crippen molar-refractivity contribution in [1.29, 1.82) is 0 Å². The van der Waals surface area contributed by atoms with E-state index in [1.54, 1.807) is 18.7 Å². The van der Waals surface area contributed by atoms with Crippen LogP contribution >= 0.6 is 11.8 Å². The molecular formula is C15H15N3O2S. The number of nitrogens with one attached hydrogen (secondary N) is 2. The molecule has 6 heteroatoms. The molecule has 0 saturated heterocycles. The van der Waals surface area contributed by atoms with Crippen LogP contribution < -0.4 is 10.9 Å². The van der Waals surface area contributed by atoms with Gasteiger partial charge in [-0.25, -0.2) is 4.98 Å². The lowest BCUT2D eigenvalue weighted by molar-refractivity contribution is -0.116. The molecule has 1 aliphatic rings. The molecule has 2 N–H and O–H groups in total. The molecule has 1 aromatic heterocycles. The van der Waals surface area contributed by atoms with Crippen molar-refractivity contribution in [2.75, 3.05) is 11.6 Å². The summed E-state index contributed by atoms with van der Waals surface area (Å²) in [5.74, 6) is 0.518. The van der Waals surface area contributed by atoms with Gasteiger partial charge in [-0.1, -0.05) is 12.1 Å². The molecule has 1 atom stereocenters. The highest BCUT2D eigenvalue weighted by atomic mass is 32.2. The Bertz CT molecular complexity index is 753. The van der Waals surface area contributed by atoms with E-state index in [9.17, 15) is 9.59 Å². The van der Waals surface area contributed by atoms with E-state index in [0.717, 1.165) is 10.5 Å². The van der Waals surface area contributed by atoms with E-state index in [2.05, 4.69) is 15.3 Å². The number of aromatic nitrogens is 2. The summed E-state index contributed by atoms with van der Waals surface area (Å²) in [6, 6.07) is 7.94. The van der Waals surface area contributed by atoms with E-state index in [-0.39, 0.29) is 23.8 Å². The maximum atomic E-state index is 12.2. The number of thioether (sulfide) groups is 1. The highest BCUT2D eigenvalue weighted by Gasteiger charge is 2.30. The molecule has 21 heavy (non-hydrogen) atoms. The molecule has 0 bridgehead atoms. The van der Waals surface area contributed by atoms with E-state index in [0.29, 0.717) is 17.2 Å². The fourth-order valence-corrected chi connectivity index (χ4v) is 3.01. The van der Waals surface area contributed by atoms with Crippen molar-refractivity contribution >= 4 is 23.5 Å².